The number of anilines is 1. The van der Waals surface area contributed by atoms with E-state index >= 15 is 8.78 Å². The highest BCUT2D eigenvalue weighted by atomic mass is 19.4. The molecule has 2 unspecified atom stereocenters. The lowest BCUT2D eigenvalue weighted by molar-refractivity contribution is -0.220. The van der Waals surface area contributed by atoms with E-state index in [4.69, 9.17) is 9.47 Å². The van der Waals surface area contributed by atoms with Gasteiger partial charge in [-0.05, 0) is 74.4 Å². The van der Waals surface area contributed by atoms with Gasteiger partial charge >= 0.3 is 18.2 Å². The maximum Gasteiger partial charge on any atom is 0.407 e. The molecule has 18 nitrogen and oxygen atoms in total. The van der Waals surface area contributed by atoms with E-state index in [2.05, 4.69) is 52.2 Å². The van der Waals surface area contributed by atoms with Crippen molar-refractivity contribution in [3.8, 4) is 23.1 Å². The van der Waals surface area contributed by atoms with Crippen LogP contribution in [0.1, 0.15) is 76.1 Å². The molecule has 5 heterocycles. The molecular formula is C54H65F7N10O8. The number of alkyl carbamates (subject to hydrolysis) is 1. The molecule has 4 aromatic rings. The highest BCUT2D eigenvalue weighted by Crippen LogP contribution is 2.41. The van der Waals surface area contributed by atoms with Crippen LogP contribution in [-0.4, -0.2) is 155 Å². The Morgan fingerprint density at radius 1 is 0.861 bits per heavy atom. The van der Waals surface area contributed by atoms with Gasteiger partial charge in [-0.25, -0.2) is 37.3 Å². The predicted molar refractivity (Wildman–Crippen MR) is 272 cm³/mol. The molecule has 3 saturated heterocycles. The number of piperazine rings is 1. The summed E-state index contributed by atoms with van der Waals surface area (Å²) in [6.07, 6.45) is -5.19. The van der Waals surface area contributed by atoms with Gasteiger partial charge in [-0.15, -0.1) is 0 Å². The number of benzene rings is 2. The Labute approximate surface area is 452 Å². The maximum atomic E-state index is 16.1. The van der Waals surface area contributed by atoms with Crippen LogP contribution in [0.15, 0.2) is 61.1 Å². The van der Waals surface area contributed by atoms with Crippen LogP contribution in [0.4, 0.5) is 41.5 Å². The highest BCUT2D eigenvalue weighted by molar-refractivity contribution is 5.87. The summed E-state index contributed by atoms with van der Waals surface area (Å²) in [7, 11) is 2.00. The third-order valence-corrected chi connectivity index (χ3v) is 14.6. The fraction of sp³-hybridized carbons (Fsp3) is 0.537. The first-order chi connectivity index (χ1) is 37.2. The molecule has 79 heavy (non-hydrogen) atoms. The van der Waals surface area contributed by atoms with Crippen LogP contribution in [-0.2, 0) is 48.1 Å². The largest absolute Gasteiger partial charge is 0.469 e. The second-order valence-electron chi connectivity index (χ2n) is 21.6. The van der Waals surface area contributed by atoms with Crippen LogP contribution < -0.4 is 21.0 Å². The van der Waals surface area contributed by atoms with Gasteiger partial charge in [0.25, 0.3) is 6.43 Å². The van der Waals surface area contributed by atoms with Crippen molar-refractivity contribution in [2.75, 3.05) is 52.0 Å². The molecule has 6 atom stereocenters. The third kappa shape index (κ3) is 14.9. The van der Waals surface area contributed by atoms with Crippen molar-refractivity contribution >= 4 is 29.8 Å². The number of nitrogens with one attached hydrogen (secondary N) is 3. The molecule has 7 rings (SSSR count). The SMILES string of the molecule is COC(=O)C[C@H](C(=O)NN(Cc1c(F)cc(-c2ccn(CC(F)F)n2)cc1F)C[C@H](O)[C@H](Cc1ccc(C#Cc2cnc(N3CC4CCC(C3)N4C3COC3)nc2)cc1)NC(=O)[C@@H](NC(=O)OC)C(C)(C)C(F)(F)F)C(C)(C)C. The van der Waals surface area contributed by atoms with E-state index in [-0.39, 0.29) is 17.7 Å². The van der Waals surface area contributed by atoms with Crippen molar-refractivity contribution in [1.29, 1.82) is 0 Å². The Bertz CT molecular complexity index is 2810. The van der Waals surface area contributed by atoms with Gasteiger partial charge in [-0.2, -0.15) is 18.3 Å². The molecule has 2 aromatic heterocycles. The lowest BCUT2D eigenvalue weighted by atomic mass is 9.78. The van der Waals surface area contributed by atoms with Crippen molar-refractivity contribution in [2.24, 2.45) is 16.7 Å². The Balaban J connectivity index is 1.16. The number of aliphatic hydroxyl groups excluding tert-OH is 1. The lowest BCUT2D eigenvalue weighted by Crippen LogP contribution is -2.62. The van der Waals surface area contributed by atoms with Gasteiger partial charge in [0, 0.05) is 73.5 Å². The van der Waals surface area contributed by atoms with E-state index in [1.807, 2.05) is 5.32 Å². The molecule has 2 bridgehead atoms. The Morgan fingerprint density at radius 3 is 2.03 bits per heavy atom. The van der Waals surface area contributed by atoms with Crippen LogP contribution in [0.5, 0.6) is 0 Å². The number of rotatable bonds is 20. The van der Waals surface area contributed by atoms with Crippen LogP contribution in [0.25, 0.3) is 11.3 Å². The summed E-state index contributed by atoms with van der Waals surface area (Å²) in [5, 5.41) is 21.4. The maximum absolute atomic E-state index is 16.1. The standard InChI is InChI=1S/C54H65F7N10O8/c1-52(2,3)39(21-46(73)77-6)48(74)67-70(26-38-40(55)19-34(20-41(38)56)42-16-17-69(66-42)28-45(57)58)27-44(72)43(64-49(75)47(65-51(76)78-7)53(4,5)54(59,60)61)18-32-11-8-31(9-12-32)10-13-33-22-62-50(63-23-33)68-24-35-14-15-36(25-68)71(35)37-29-79-30-37/h8-9,11-12,16-17,19-20,22-23,35-37,39,43-45,47,72H,14-15,18,21,24-30H2,1-7H3,(H,64,75)(H,65,76)(H,67,74)/t35?,36?,39-,43+,44+,47-/m1/s1. The molecule has 3 aliphatic heterocycles. The number of fused-ring (bicyclic) bond motifs is 2. The number of nitrogens with zero attached hydrogens (tertiary/aromatic N) is 7. The first kappa shape index (κ1) is 59.8. The first-order valence-electron chi connectivity index (χ1n) is 25.6. The average Bonchev–Trinajstić information content (AvgIpc) is 4.10. The van der Waals surface area contributed by atoms with E-state index in [0.29, 0.717) is 54.6 Å². The number of amides is 3. The second-order valence-corrected chi connectivity index (χ2v) is 21.6. The van der Waals surface area contributed by atoms with E-state index in [1.54, 1.807) is 57.4 Å². The molecule has 2 aromatic carbocycles. The quantitative estimate of drug-likeness (QED) is 0.0358. The van der Waals surface area contributed by atoms with E-state index in [0.717, 1.165) is 75.2 Å². The van der Waals surface area contributed by atoms with Crippen LogP contribution in [0.2, 0.25) is 0 Å². The predicted octanol–water partition coefficient (Wildman–Crippen LogP) is 5.80. The second kappa shape index (κ2) is 25.1. The molecule has 3 amide bonds. The van der Waals surface area contributed by atoms with Crippen molar-refractivity contribution in [3.63, 3.8) is 0 Å². The lowest BCUT2D eigenvalue weighted by Gasteiger charge is -2.47. The monoisotopic (exact) mass is 1110 g/mol. The number of carbonyl (C=O) groups is 4. The van der Waals surface area contributed by atoms with Crippen molar-refractivity contribution in [3.05, 3.63) is 94.9 Å². The van der Waals surface area contributed by atoms with Crippen LogP contribution in [0, 0.1) is 40.2 Å². The zero-order valence-corrected chi connectivity index (χ0v) is 44.8. The zero-order valence-electron chi connectivity index (χ0n) is 44.8. The average molecular weight is 1120 g/mol. The number of carbonyl (C=O) groups excluding carboxylic acids is 4. The van der Waals surface area contributed by atoms with Crippen LogP contribution in [0.3, 0.4) is 0 Å². The van der Waals surface area contributed by atoms with E-state index in [9.17, 15) is 46.2 Å². The normalized spacial score (nSPS) is 18.5. The summed E-state index contributed by atoms with van der Waals surface area (Å²) in [5.41, 5.74) is -0.715. The number of aromatic nitrogens is 4. The number of halogens is 7. The Kier molecular flexibility index (Phi) is 19.0. The van der Waals surface area contributed by atoms with Crippen molar-refractivity contribution < 1.29 is 69.2 Å². The summed E-state index contributed by atoms with van der Waals surface area (Å²) < 4.78 is 118. The van der Waals surface area contributed by atoms with Gasteiger partial charge < -0.3 is 34.9 Å². The molecule has 0 spiro atoms. The molecule has 25 heteroatoms. The summed E-state index contributed by atoms with van der Waals surface area (Å²) in [4.78, 5) is 67.2. The highest BCUT2D eigenvalue weighted by Gasteiger charge is 2.56. The number of hydrazine groups is 1. The molecule has 4 N–H and O–H groups in total. The topological polar surface area (TPSA) is 206 Å². The van der Waals surface area contributed by atoms with Gasteiger partial charge in [0.15, 0.2) is 0 Å². The smallest absolute Gasteiger partial charge is 0.407 e. The number of alkyl halides is 5. The zero-order chi connectivity index (χ0) is 57.6. The van der Waals surface area contributed by atoms with Gasteiger partial charge in [-0.3, -0.25) is 29.4 Å². The minimum atomic E-state index is -5.08. The number of ether oxygens (including phenoxy) is 3. The number of hydrogen-bond acceptors (Lipinski definition) is 14. The number of aliphatic hydroxyl groups is 1. The molecule has 3 fully saturated rings. The summed E-state index contributed by atoms with van der Waals surface area (Å²) in [6, 6.07) is 6.84. The number of methoxy groups -OCH3 is 2. The summed E-state index contributed by atoms with van der Waals surface area (Å²) >= 11 is 0. The summed E-state index contributed by atoms with van der Waals surface area (Å²) in [5.74, 6) is 0.140. The van der Waals surface area contributed by atoms with E-state index in [1.165, 1.54) is 12.3 Å². The van der Waals surface area contributed by atoms with Crippen molar-refractivity contribution in [1.82, 2.24) is 45.7 Å². The van der Waals surface area contributed by atoms with E-state index < -0.39 is 115 Å². The van der Waals surface area contributed by atoms with Crippen LogP contribution >= 0.6 is 0 Å². The van der Waals surface area contributed by atoms with Gasteiger partial charge in [0.05, 0.1) is 74.6 Å². The third-order valence-electron chi connectivity index (χ3n) is 14.6. The Morgan fingerprint density at radius 2 is 1.48 bits per heavy atom. The minimum Gasteiger partial charge on any atom is -0.469 e. The van der Waals surface area contributed by atoms with Crippen molar-refractivity contribution in [2.45, 2.75) is 122 Å². The molecular weight excluding hydrogens is 1050 g/mol. The minimum absolute atomic E-state index is 0.0416. The Hall–Kier alpha value is -6.88. The molecule has 0 radical (unpaired) electrons. The van der Waals surface area contributed by atoms with Gasteiger partial charge in [-0.1, -0.05) is 44.7 Å². The fourth-order valence-electron chi connectivity index (χ4n) is 9.86. The fourth-order valence-corrected chi connectivity index (χ4v) is 9.86. The molecule has 0 aliphatic carbocycles. The first-order valence-corrected chi connectivity index (χ1v) is 25.6. The molecule has 428 valence electrons. The van der Waals surface area contributed by atoms with Gasteiger partial charge in [0.1, 0.15) is 24.2 Å². The number of esters is 1. The molecule has 3 aliphatic rings. The number of hydrogen-bond donors (Lipinski definition) is 4. The van der Waals surface area contributed by atoms with Gasteiger partial charge in [0.2, 0.25) is 17.8 Å². The summed E-state index contributed by atoms with van der Waals surface area (Å²) in [6.45, 7) is 7.05. The molecule has 0 saturated carbocycles.